The molecule has 1 aliphatic heterocycles. The van der Waals surface area contributed by atoms with Crippen molar-refractivity contribution in [2.75, 3.05) is 32.0 Å². The molecule has 2 rings (SSSR count). The van der Waals surface area contributed by atoms with Crippen molar-refractivity contribution in [2.45, 2.75) is 26.7 Å². The number of amides is 2. The van der Waals surface area contributed by atoms with Crippen LogP contribution < -0.4 is 10.6 Å². The molecule has 1 aromatic carbocycles. The molecule has 1 fully saturated rings. The van der Waals surface area contributed by atoms with Crippen LogP contribution in [0, 0.1) is 12.8 Å². The highest BCUT2D eigenvalue weighted by atomic mass is 16.2. The second-order valence-electron chi connectivity index (χ2n) is 5.93. The third kappa shape index (κ3) is 3.65. The van der Waals surface area contributed by atoms with Gasteiger partial charge in [-0.25, -0.2) is 0 Å². The quantitative estimate of drug-likeness (QED) is 0.875. The number of hydrogen-bond acceptors (Lipinski definition) is 3. The Bertz CT molecular complexity index is 551. The van der Waals surface area contributed by atoms with Crippen LogP contribution in [0.25, 0.3) is 0 Å². The average molecular weight is 303 g/mol. The number of rotatable bonds is 5. The van der Waals surface area contributed by atoms with Crippen LogP contribution in [0.15, 0.2) is 18.2 Å². The number of likely N-dealkylation sites (tertiary alicyclic amines) is 1. The van der Waals surface area contributed by atoms with Gasteiger partial charge in [0.2, 0.25) is 5.91 Å². The molecule has 1 atom stereocenters. The number of carbonyl (C=O) groups is 2. The van der Waals surface area contributed by atoms with Gasteiger partial charge in [0.1, 0.15) is 0 Å². The molecule has 2 amide bonds. The van der Waals surface area contributed by atoms with Crippen LogP contribution in [0.5, 0.6) is 0 Å². The molecule has 1 aliphatic rings. The van der Waals surface area contributed by atoms with E-state index in [1.165, 1.54) is 0 Å². The van der Waals surface area contributed by atoms with Crippen molar-refractivity contribution in [3.8, 4) is 0 Å². The summed E-state index contributed by atoms with van der Waals surface area (Å²) >= 11 is 0. The average Bonchev–Trinajstić information content (AvgIpc) is 3.03. The zero-order chi connectivity index (χ0) is 16.1. The minimum absolute atomic E-state index is 0.0387. The monoisotopic (exact) mass is 303 g/mol. The maximum atomic E-state index is 12.5. The highest BCUT2D eigenvalue weighted by Crippen LogP contribution is 2.22. The molecule has 0 aromatic heterocycles. The number of hydrogen-bond donors (Lipinski definition) is 2. The fourth-order valence-electron chi connectivity index (χ4n) is 2.75. The minimum atomic E-state index is -0.123. The smallest absolute Gasteiger partial charge is 0.254 e. The van der Waals surface area contributed by atoms with Crippen LogP contribution >= 0.6 is 0 Å². The predicted octanol–water partition coefficient (Wildman–Crippen LogP) is 2.03. The van der Waals surface area contributed by atoms with Gasteiger partial charge in [0.05, 0.1) is 0 Å². The van der Waals surface area contributed by atoms with Crippen LogP contribution in [-0.2, 0) is 4.79 Å². The molecule has 0 saturated carbocycles. The van der Waals surface area contributed by atoms with E-state index in [-0.39, 0.29) is 17.7 Å². The molecule has 1 saturated heterocycles. The molecule has 1 heterocycles. The van der Waals surface area contributed by atoms with E-state index in [0.717, 1.165) is 37.2 Å². The normalized spacial score (nSPS) is 15.7. The minimum Gasteiger partial charge on any atom is -0.339 e. The van der Waals surface area contributed by atoms with E-state index in [2.05, 4.69) is 10.6 Å². The van der Waals surface area contributed by atoms with Crippen LogP contribution in [-0.4, -0.2) is 43.4 Å². The van der Waals surface area contributed by atoms with Gasteiger partial charge in [-0.05, 0) is 44.5 Å². The third-order valence-electron chi connectivity index (χ3n) is 4.17. The summed E-state index contributed by atoms with van der Waals surface area (Å²) in [6.45, 7) is 6.04. The lowest BCUT2D eigenvalue weighted by molar-refractivity contribution is -0.119. The molecular weight excluding hydrogens is 278 g/mol. The van der Waals surface area contributed by atoms with Crippen molar-refractivity contribution in [1.82, 2.24) is 10.2 Å². The van der Waals surface area contributed by atoms with Gasteiger partial charge in [-0.2, -0.15) is 0 Å². The summed E-state index contributed by atoms with van der Waals surface area (Å²) in [7, 11) is 1.82. The molecule has 0 bridgehead atoms. The number of nitrogens with zero attached hydrogens (tertiary/aromatic N) is 1. The summed E-state index contributed by atoms with van der Waals surface area (Å²) in [4.78, 5) is 26.6. The molecule has 2 N–H and O–H groups in total. The summed E-state index contributed by atoms with van der Waals surface area (Å²) in [5.41, 5.74) is 2.24. The van der Waals surface area contributed by atoms with E-state index in [9.17, 15) is 9.59 Å². The van der Waals surface area contributed by atoms with Gasteiger partial charge in [-0.3, -0.25) is 9.59 Å². The maximum Gasteiger partial charge on any atom is 0.254 e. The van der Waals surface area contributed by atoms with Crippen molar-refractivity contribution in [2.24, 2.45) is 5.92 Å². The number of nitrogens with one attached hydrogen (secondary N) is 2. The molecule has 0 radical (unpaired) electrons. The van der Waals surface area contributed by atoms with E-state index in [0.29, 0.717) is 12.1 Å². The number of carbonyl (C=O) groups excluding carboxylic acids is 2. The van der Waals surface area contributed by atoms with Crippen LogP contribution in [0.3, 0.4) is 0 Å². The number of anilines is 1. The van der Waals surface area contributed by atoms with Gasteiger partial charge in [0.15, 0.2) is 0 Å². The summed E-state index contributed by atoms with van der Waals surface area (Å²) in [6.07, 6.45) is 2.14. The van der Waals surface area contributed by atoms with Gasteiger partial charge < -0.3 is 15.5 Å². The first-order valence-electron chi connectivity index (χ1n) is 7.89. The first-order valence-corrected chi connectivity index (χ1v) is 7.89. The van der Waals surface area contributed by atoms with Gasteiger partial charge in [0.25, 0.3) is 5.91 Å². The van der Waals surface area contributed by atoms with E-state index >= 15 is 0 Å². The Balaban J connectivity index is 2.15. The van der Waals surface area contributed by atoms with Gasteiger partial charge in [0, 0.05) is 36.8 Å². The van der Waals surface area contributed by atoms with E-state index < -0.39 is 0 Å². The standard InChI is InChI=1S/C17H25N3O2/c1-12(11-18-3)16(21)19-15-8-6-7-14(13(15)2)17(22)20-9-4-5-10-20/h6-8,12,18H,4-5,9-11H2,1-3H3,(H,19,21). The molecule has 5 nitrogen and oxygen atoms in total. The maximum absolute atomic E-state index is 12.5. The second kappa shape index (κ2) is 7.40. The largest absolute Gasteiger partial charge is 0.339 e. The van der Waals surface area contributed by atoms with Crippen LogP contribution in [0.1, 0.15) is 35.7 Å². The molecule has 0 aliphatic carbocycles. The van der Waals surface area contributed by atoms with E-state index in [1.54, 1.807) is 0 Å². The molecule has 1 unspecified atom stereocenters. The summed E-state index contributed by atoms with van der Waals surface area (Å²) in [6, 6.07) is 5.51. The lowest BCUT2D eigenvalue weighted by Crippen LogP contribution is -2.30. The highest BCUT2D eigenvalue weighted by molar-refractivity contribution is 5.99. The third-order valence-corrected chi connectivity index (χ3v) is 4.17. The summed E-state index contributed by atoms with van der Waals surface area (Å²) < 4.78 is 0. The molecule has 120 valence electrons. The summed E-state index contributed by atoms with van der Waals surface area (Å²) in [5, 5.41) is 5.92. The Labute approximate surface area is 132 Å². The Morgan fingerprint density at radius 1 is 1.27 bits per heavy atom. The molecule has 22 heavy (non-hydrogen) atoms. The Hall–Kier alpha value is -1.88. The predicted molar refractivity (Wildman–Crippen MR) is 88.0 cm³/mol. The van der Waals surface area contributed by atoms with Crippen molar-refractivity contribution < 1.29 is 9.59 Å². The first kappa shape index (κ1) is 16.5. The van der Waals surface area contributed by atoms with Gasteiger partial charge >= 0.3 is 0 Å². The van der Waals surface area contributed by atoms with Crippen molar-refractivity contribution >= 4 is 17.5 Å². The fraction of sp³-hybridized carbons (Fsp3) is 0.529. The molecule has 1 aromatic rings. The zero-order valence-electron chi connectivity index (χ0n) is 13.6. The second-order valence-corrected chi connectivity index (χ2v) is 5.93. The fourth-order valence-corrected chi connectivity index (χ4v) is 2.75. The lowest BCUT2D eigenvalue weighted by atomic mass is 10.0. The highest BCUT2D eigenvalue weighted by Gasteiger charge is 2.22. The van der Waals surface area contributed by atoms with Crippen molar-refractivity contribution in [3.63, 3.8) is 0 Å². The Kier molecular flexibility index (Phi) is 5.55. The Morgan fingerprint density at radius 3 is 2.59 bits per heavy atom. The SMILES string of the molecule is CNCC(C)C(=O)Nc1cccc(C(=O)N2CCCC2)c1C. The van der Waals surface area contributed by atoms with E-state index in [4.69, 9.17) is 0 Å². The van der Waals surface area contributed by atoms with Gasteiger partial charge in [-0.15, -0.1) is 0 Å². The molecular formula is C17H25N3O2. The van der Waals surface area contributed by atoms with Crippen LogP contribution in [0.4, 0.5) is 5.69 Å². The topological polar surface area (TPSA) is 61.4 Å². The van der Waals surface area contributed by atoms with Gasteiger partial charge in [-0.1, -0.05) is 13.0 Å². The van der Waals surface area contributed by atoms with E-state index in [1.807, 2.05) is 44.0 Å². The lowest BCUT2D eigenvalue weighted by Gasteiger charge is -2.19. The first-order chi connectivity index (χ1) is 10.5. The number of benzene rings is 1. The molecule has 5 heteroatoms. The van der Waals surface area contributed by atoms with Crippen molar-refractivity contribution in [1.29, 1.82) is 0 Å². The van der Waals surface area contributed by atoms with Crippen LogP contribution in [0.2, 0.25) is 0 Å². The Morgan fingerprint density at radius 2 is 1.95 bits per heavy atom. The summed E-state index contributed by atoms with van der Waals surface area (Å²) in [5.74, 6) is -0.0973. The van der Waals surface area contributed by atoms with Crippen molar-refractivity contribution in [3.05, 3.63) is 29.3 Å². The zero-order valence-corrected chi connectivity index (χ0v) is 13.6. The molecule has 0 spiro atoms.